The van der Waals surface area contributed by atoms with E-state index in [1.165, 1.54) is 32.4 Å². The average molecular weight is 271 g/mol. The first-order valence-corrected chi connectivity index (χ1v) is 5.86. The minimum atomic E-state index is -0.525. The van der Waals surface area contributed by atoms with Gasteiger partial charge in [-0.05, 0) is 24.6 Å². The third-order valence-electron chi connectivity index (χ3n) is 2.59. The molecule has 0 saturated heterocycles. The first-order valence-electron chi connectivity index (χ1n) is 5.86. The molecule has 19 heavy (non-hydrogen) atoms. The predicted molar refractivity (Wildman–Crippen MR) is 67.8 cm³/mol. The first kappa shape index (κ1) is 15.4. The molecule has 0 aliphatic rings. The maximum absolute atomic E-state index is 13.2. The van der Waals surface area contributed by atoms with Gasteiger partial charge in [-0.1, -0.05) is 0 Å². The number of ether oxygens (including phenoxy) is 2. The Hall–Kier alpha value is -1.66. The van der Waals surface area contributed by atoms with E-state index in [0.717, 1.165) is 0 Å². The van der Waals surface area contributed by atoms with Gasteiger partial charge in [0.1, 0.15) is 0 Å². The van der Waals surface area contributed by atoms with Crippen LogP contribution in [0.3, 0.4) is 0 Å². The molecule has 0 radical (unpaired) electrons. The van der Waals surface area contributed by atoms with Gasteiger partial charge in [-0.25, -0.2) is 4.39 Å². The smallest absolute Gasteiger partial charge is 0.251 e. The second-order valence-corrected chi connectivity index (χ2v) is 3.99. The summed E-state index contributed by atoms with van der Waals surface area (Å²) in [5, 5.41) is 11.6. The monoisotopic (exact) mass is 271 g/mol. The lowest BCUT2D eigenvalue weighted by Gasteiger charge is -2.17. The number of halogens is 1. The van der Waals surface area contributed by atoms with Crippen LogP contribution in [0.25, 0.3) is 0 Å². The Morgan fingerprint density at radius 3 is 2.79 bits per heavy atom. The lowest BCUT2D eigenvalue weighted by molar-refractivity contribution is 0.0878. The number of aliphatic hydroxyl groups is 1. The molecule has 0 spiro atoms. The highest BCUT2D eigenvalue weighted by Crippen LogP contribution is 2.18. The highest BCUT2D eigenvalue weighted by atomic mass is 19.1. The fourth-order valence-corrected chi connectivity index (χ4v) is 1.62. The average Bonchev–Trinajstić information content (AvgIpc) is 2.39. The third kappa shape index (κ3) is 4.50. The summed E-state index contributed by atoms with van der Waals surface area (Å²) in [6.07, 6.45) is 0.387. The lowest BCUT2D eigenvalue weighted by atomic mass is 10.1. The summed E-state index contributed by atoms with van der Waals surface area (Å²) in [5.41, 5.74) is 0.289. The maximum Gasteiger partial charge on any atom is 0.251 e. The van der Waals surface area contributed by atoms with Gasteiger partial charge in [0.15, 0.2) is 11.6 Å². The van der Waals surface area contributed by atoms with Crippen molar-refractivity contribution in [2.75, 3.05) is 27.4 Å². The van der Waals surface area contributed by atoms with Crippen molar-refractivity contribution in [1.82, 2.24) is 5.32 Å². The molecule has 1 amide bonds. The molecule has 1 unspecified atom stereocenters. The molecule has 106 valence electrons. The molecule has 0 heterocycles. The maximum atomic E-state index is 13.2. The van der Waals surface area contributed by atoms with Gasteiger partial charge < -0.3 is 19.9 Å². The van der Waals surface area contributed by atoms with Crippen molar-refractivity contribution in [3.8, 4) is 5.75 Å². The van der Waals surface area contributed by atoms with E-state index < -0.39 is 5.82 Å². The van der Waals surface area contributed by atoms with Gasteiger partial charge >= 0.3 is 0 Å². The van der Waals surface area contributed by atoms with Crippen molar-refractivity contribution in [1.29, 1.82) is 0 Å². The number of hydrogen-bond acceptors (Lipinski definition) is 4. The number of nitrogens with one attached hydrogen (secondary N) is 1. The molecule has 2 N–H and O–H groups in total. The van der Waals surface area contributed by atoms with Crippen molar-refractivity contribution in [2.24, 2.45) is 0 Å². The Bertz CT molecular complexity index is 419. The van der Waals surface area contributed by atoms with E-state index in [0.29, 0.717) is 13.0 Å². The summed E-state index contributed by atoms with van der Waals surface area (Å²) < 4.78 is 23.0. The third-order valence-corrected chi connectivity index (χ3v) is 2.59. The van der Waals surface area contributed by atoms with Gasteiger partial charge in [0.05, 0.1) is 19.8 Å². The molecule has 0 fully saturated rings. The fraction of sp³-hybridized carbons (Fsp3) is 0.462. The Labute approximate surface area is 111 Å². The van der Waals surface area contributed by atoms with E-state index in [2.05, 4.69) is 5.32 Å². The van der Waals surface area contributed by atoms with Gasteiger partial charge in [0.2, 0.25) is 0 Å². The minimum Gasteiger partial charge on any atom is -0.494 e. The number of amides is 1. The summed E-state index contributed by atoms with van der Waals surface area (Å²) in [7, 11) is 2.84. The minimum absolute atomic E-state index is 0.0121. The highest BCUT2D eigenvalue weighted by molar-refractivity contribution is 5.94. The summed E-state index contributed by atoms with van der Waals surface area (Å²) >= 11 is 0. The fourth-order valence-electron chi connectivity index (χ4n) is 1.62. The zero-order chi connectivity index (χ0) is 14.3. The lowest BCUT2D eigenvalue weighted by Crippen LogP contribution is -2.38. The van der Waals surface area contributed by atoms with Gasteiger partial charge in [-0.15, -0.1) is 0 Å². The van der Waals surface area contributed by atoms with Crippen LogP contribution in [-0.4, -0.2) is 44.5 Å². The predicted octanol–water partition coefficient (Wildman–Crippen LogP) is 0.961. The molecule has 6 heteroatoms. The van der Waals surface area contributed by atoms with Crippen LogP contribution in [0.15, 0.2) is 18.2 Å². The summed E-state index contributed by atoms with van der Waals surface area (Å²) in [6, 6.07) is 3.58. The number of rotatable bonds is 7. The van der Waals surface area contributed by atoms with Gasteiger partial charge in [-0.2, -0.15) is 0 Å². The number of carbonyl (C=O) groups is 1. The van der Waals surface area contributed by atoms with Crippen LogP contribution >= 0.6 is 0 Å². The molecular weight excluding hydrogens is 253 g/mol. The van der Waals surface area contributed by atoms with Crippen LogP contribution in [0.1, 0.15) is 16.8 Å². The number of hydrogen-bond donors (Lipinski definition) is 2. The Morgan fingerprint density at radius 2 is 2.21 bits per heavy atom. The van der Waals surface area contributed by atoms with E-state index in [1.807, 2.05) is 0 Å². The molecule has 0 aromatic heterocycles. The number of carbonyl (C=O) groups excluding carboxylic acids is 1. The van der Waals surface area contributed by atoms with Crippen molar-refractivity contribution in [2.45, 2.75) is 12.5 Å². The van der Waals surface area contributed by atoms with Crippen molar-refractivity contribution in [3.05, 3.63) is 29.6 Å². The van der Waals surface area contributed by atoms with Gasteiger partial charge in [0.25, 0.3) is 5.91 Å². The topological polar surface area (TPSA) is 67.8 Å². The summed E-state index contributed by atoms with van der Waals surface area (Å²) in [4.78, 5) is 12.0. The van der Waals surface area contributed by atoms with Crippen LogP contribution in [0.2, 0.25) is 0 Å². The van der Waals surface area contributed by atoms with Crippen molar-refractivity contribution in [3.63, 3.8) is 0 Å². The van der Waals surface area contributed by atoms with Crippen LogP contribution in [-0.2, 0) is 4.74 Å². The largest absolute Gasteiger partial charge is 0.494 e. The number of aliphatic hydroxyl groups excluding tert-OH is 1. The summed E-state index contributed by atoms with van der Waals surface area (Å²) in [6.45, 7) is 0.242. The van der Waals surface area contributed by atoms with E-state index in [4.69, 9.17) is 14.6 Å². The molecule has 1 aromatic carbocycles. The number of benzene rings is 1. The first-order chi connectivity index (χ1) is 9.12. The molecule has 0 aliphatic carbocycles. The van der Waals surface area contributed by atoms with E-state index in [1.54, 1.807) is 0 Å². The molecule has 0 aliphatic heterocycles. The molecular formula is C13H18FNO4. The molecule has 5 nitrogen and oxygen atoms in total. The number of methoxy groups -OCH3 is 2. The van der Waals surface area contributed by atoms with E-state index >= 15 is 0 Å². The highest BCUT2D eigenvalue weighted by Gasteiger charge is 2.15. The second-order valence-electron chi connectivity index (χ2n) is 3.99. The van der Waals surface area contributed by atoms with E-state index in [-0.39, 0.29) is 29.9 Å². The quantitative estimate of drug-likeness (QED) is 0.775. The zero-order valence-corrected chi connectivity index (χ0v) is 11.0. The Balaban J connectivity index is 2.76. The molecule has 1 rings (SSSR count). The van der Waals surface area contributed by atoms with Crippen molar-refractivity contribution >= 4 is 5.91 Å². The van der Waals surface area contributed by atoms with Gasteiger partial charge in [-0.3, -0.25) is 4.79 Å². The van der Waals surface area contributed by atoms with Crippen molar-refractivity contribution < 1.29 is 23.8 Å². The standard InChI is InChI=1S/C13H18FNO4/c1-18-8-10(5-6-16)15-13(17)9-3-4-11(14)12(7-9)19-2/h3-4,7,10,16H,5-6,8H2,1-2H3,(H,15,17). The van der Waals surface area contributed by atoms with Crippen LogP contribution in [0.4, 0.5) is 4.39 Å². The molecule has 1 atom stereocenters. The van der Waals surface area contributed by atoms with E-state index in [9.17, 15) is 9.18 Å². The normalized spacial score (nSPS) is 12.0. The Kier molecular flexibility index (Phi) is 6.24. The van der Waals surface area contributed by atoms with Crippen LogP contribution < -0.4 is 10.1 Å². The Morgan fingerprint density at radius 1 is 1.47 bits per heavy atom. The molecule has 1 aromatic rings. The summed E-state index contributed by atoms with van der Waals surface area (Å²) in [5.74, 6) is -0.880. The van der Waals surface area contributed by atoms with Crippen LogP contribution in [0.5, 0.6) is 5.75 Å². The zero-order valence-electron chi connectivity index (χ0n) is 11.0. The van der Waals surface area contributed by atoms with Crippen LogP contribution in [0, 0.1) is 5.82 Å². The van der Waals surface area contributed by atoms with Gasteiger partial charge in [0, 0.05) is 19.3 Å². The molecule has 0 saturated carbocycles. The second kappa shape index (κ2) is 7.70. The SMILES string of the molecule is COCC(CCO)NC(=O)c1ccc(F)c(OC)c1. The molecule has 0 bridgehead atoms.